The monoisotopic (exact) mass is 405 g/mol. The predicted octanol–water partition coefficient (Wildman–Crippen LogP) is 5.10. The maximum atomic E-state index is 13.0. The Morgan fingerprint density at radius 3 is 2.10 bits per heavy atom. The van der Waals surface area contributed by atoms with Gasteiger partial charge in [0.1, 0.15) is 0 Å². The predicted molar refractivity (Wildman–Crippen MR) is 111 cm³/mol. The maximum Gasteiger partial charge on any atom is 0.335 e. The lowest BCUT2D eigenvalue weighted by Gasteiger charge is -2.27. The van der Waals surface area contributed by atoms with Crippen molar-refractivity contribution in [1.29, 1.82) is 0 Å². The van der Waals surface area contributed by atoms with Crippen LogP contribution in [0, 0.1) is 0 Å². The second-order valence-electron chi connectivity index (χ2n) is 6.61. The van der Waals surface area contributed by atoms with Gasteiger partial charge in [0.15, 0.2) is 5.76 Å². The molecule has 1 heterocycles. The molecule has 29 heavy (non-hydrogen) atoms. The maximum absolute atomic E-state index is 13.0. The Bertz CT molecular complexity index is 1110. The van der Waals surface area contributed by atoms with Gasteiger partial charge in [-0.3, -0.25) is 9.69 Å². The van der Waals surface area contributed by atoms with Crippen LogP contribution in [0.5, 0.6) is 0 Å². The smallest absolute Gasteiger partial charge is 0.335 e. The highest BCUT2D eigenvalue weighted by molar-refractivity contribution is 6.30. The number of carboxylic acids is 1. The van der Waals surface area contributed by atoms with Crippen molar-refractivity contribution in [1.82, 2.24) is 0 Å². The van der Waals surface area contributed by atoms with Gasteiger partial charge in [-0.1, -0.05) is 54.1 Å². The van der Waals surface area contributed by atoms with Crippen LogP contribution in [0.25, 0.3) is 5.57 Å². The molecule has 144 valence electrons. The van der Waals surface area contributed by atoms with Crippen LogP contribution in [0.2, 0.25) is 5.02 Å². The molecule has 3 aromatic carbocycles. The molecule has 1 atom stereocenters. The summed E-state index contributed by atoms with van der Waals surface area (Å²) < 4.78 is 0. The summed E-state index contributed by atoms with van der Waals surface area (Å²) in [7, 11) is 0. The summed E-state index contributed by atoms with van der Waals surface area (Å²) in [5, 5.41) is 20.5. The highest BCUT2D eigenvalue weighted by atomic mass is 35.5. The van der Waals surface area contributed by atoms with Crippen molar-refractivity contribution in [2.45, 2.75) is 6.04 Å². The molecule has 0 unspecified atom stereocenters. The van der Waals surface area contributed by atoms with Crippen molar-refractivity contribution in [3.8, 4) is 0 Å². The Morgan fingerprint density at radius 2 is 1.52 bits per heavy atom. The van der Waals surface area contributed by atoms with E-state index in [9.17, 15) is 19.8 Å². The lowest BCUT2D eigenvalue weighted by molar-refractivity contribution is -0.117. The number of carbonyl (C=O) groups is 2. The van der Waals surface area contributed by atoms with E-state index in [1.807, 2.05) is 30.3 Å². The van der Waals surface area contributed by atoms with Crippen LogP contribution in [0.3, 0.4) is 0 Å². The number of benzene rings is 3. The normalized spacial score (nSPS) is 16.4. The van der Waals surface area contributed by atoms with Gasteiger partial charge < -0.3 is 10.2 Å². The fraction of sp³-hybridized carbons (Fsp3) is 0.0435. The number of nitrogens with zero attached hydrogens (tertiary/aromatic N) is 1. The second kappa shape index (κ2) is 7.45. The van der Waals surface area contributed by atoms with Crippen molar-refractivity contribution in [2.24, 2.45) is 0 Å². The van der Waals surface area contributed by atoms with Crippen molar-refractivity contribution in [2.75, 3.05) is 4.90 Å². The van der Waals surface area contributed by atoms with E-state index < -0.39 is 17.9 Å². The molecule has 3 aromatic rings. The number of carbonyl (C=O) groups excluding carboxylic acids is 1. The zero-order chi connectivity index (χ0) is 20.5. The van der Waals surface area contributed by atoms with Gasteiger partial charge in [0.05, 0.1) is 11.6 Å². The zero-order valence-electron chi connectivity index (χ0n) is 15.1. The third kappa shape index (κ3) is 3.37. The van der Waals surface area contributed by atoms with Crippen molar-refractivity contribution < 1.29 is 19.8 Å². The van der Waals surface area contributed by atoms with Crippen LogP contribution >= 0.6 is 11.6 Å². The highest BCUT2D eigenvalue weighted by Gasteiger charge is 2.41. The van der Waals surface area contributed by atoms with Gasteiger partial charge in [-0.25, -0.2) is 4.79 Å². The Hall–Kier alpha value is -3.57. The zero-order valence-corrected chi connectivity index (χ0v) is 15.9. The van der Waals surface area contributed by atoms with Crippen LogP contribution in [-0.2, 0) is 4.79 Å². The Balaban J connectivity index is 1.88. The number of hydrogen-bond acceptors (Lipinski definition) is 3. The summed E-state index contributed by atoms with van der Waals surface area (Å²) in [4.78, 5) is 25.7. The number of halogens is 1. The summed E-state index contributed by atoms with van der Waals surface area (Å²) in [5.74, 6) is -1.90. The van der Waals surface area contributed by atoms with E-state index in [0.717, 1.165) is 0 Å². The Morgan fingerprint density at radius 1 is 0.897 bits per heavy atom. The topological polar surface area (TPSA) is 77.8 Å². The van der Waals surface area contributed by atoms with Gasteiger partial charge in [0, 0.05) is 16.3 Å². The first-order valence-corrected chi connectivity index (χ1v) is 9.26. The standard InChI is InChI=1S/C23H16ClNO4/c24-17-10-12-18(13-11-17)25-20(15-6-8-16(9-7-15)23(28)29)19(21(26)22(25)27)14-4-2-1-3-5-14/h1-13,20,26H,(H,28,29)/t20-/m0/s1. The van der Waals surface area contributed by atoms with Crippen LogP contribution in [-0.4, -0.2) is 22.1 Å². The molecule has 0 aromatic heterocycles. The van der Waals surface area contributed by atoms with Crippen molar-refractivity contribution >= 4 is 34.7 Å². The first kappa shape index (κ1) is 18.8. The van der Waals surface area contributed by atoms with E-state index in [-0.39, 0.29) is 11.3 Å². The van der Waals surface area contributed by atoms with E-state index >= 15 is 0 Å². The number of carboxylic acid groups (broad SMARTS) is 1. The molecule has 1 aliphatic rings. The number of anilines is 1. The average Bonchev–Trinajstić information content (AvgIpc) is 3.00. The average molecular weight is 406 g/mol. The minimum atomic E-state index is -1.03. The summed E-state index contributed by atoms with van der Waals surface area (Å²) in [6, 6.07) is 21.6. The lowest BCUT2D eigenvalue weighted by atomic mass is 9.93. The van der Waals surface area contributed by atoms with Crippen molar-refractivity contribution in [3.63, 3.8) is 0 Å². The van der Waals surface area contributed by atoms with Gasteiger partial charge in [0.25, 0.3) is 5.91 Å². The molecule has 1 amide bonds. The summed E-state index contributed by atoms with van der Waals surface area (Å²) in [5.41, 5.74) is 2.58. The number of amides is 1. The lowest BCUT2D eigenvalue weighted by Crippen LogP contribution is -2.30. The van der Waals surface area contributed by atoms with Gasteiger partial charge >= 0.3 is 5.97 Å². The van der Waals surface area contributed by atoms with Gasteiger partial charge in [-0.2, -0.15) is 0 Å². The largest absolute Gasteiger partial charge is 0.503 e. The molecule has 5 nitrogen and oxygen atoms in total. The molecule has 0 aliphatic carbocycles. The first-order valence-electron chi connectivity index (χ1n) is 8.88. The second-order valence-corrected chi connectivity index (χ2v) is 7.05. The number of aromatic carboxylic acids is 1. The quantitative estimate of drug-likeness (QED) is 0.633. The molecule has 0 saturated heterocycles. The number of rotatable bonds is 4. The van der Waals surface area contributed by atoms with E-state index in [4.69, 9.17) is 11.6 Å². The summed E-state index contributed by atoms with van der Waals surface area (Å²) >= 11 is 5.99. The Labute approximate surface area is 172 Å². The highest BCUT2D eigenvalue weighted by Crippen LogP contribution is 2.45. The molecule has 0 spiro atoms. The van der Waals surface area contributed by atoms with Gasteiger partial charge in [-0.15, -0.1) is 0 Å². The summed E-state index contributed by atoms with van der Waals surface area (Å²) in [6.07, 6.45) is 0. The minimum Gasteiger partial charge on any atom is -0.503 e. The third-order valence-electron chi connectivity index (χ3n) is 4.87. The summed E-state index contributed by atoms with van der Waals surface area (Å²) in [6.45, 7) is 0. The van der Waals surface area contributed by atoms with Crippen molar-refractivity contribution in [3.05, 3.63) is 106 Å². The third-order valence-corrected chi connectivity index (χ3v) is 5.12. The van der Waals surface area contributed by atoms with Crippen LogP contribution in [0.4, 0.5) is 5.69 Å². The van der Waals surface area contributed by atoms with E-state index in [0.29, 0.717) is 27.4 Å². The molecule has 6 heteroatoms. The number of hydrogen-bond donors (Lipinski definition) is 2. The molecule has 2 N–H and O–H groups in total. The molecule has 0 bridgehead atoms. The minimum absolute atomic E-state index is 0.144. The molecule has 1 aliphatic heterocycles. The van der Waals surface area contributed by atoms with Crippen LogP contribution in [0.1, 0.15) is 27.5 Å². The molecule has 0 radical (unpaired) electrons. The van der Waals surface area contributed by atoms with Crippen LogP contribution in [0.15, 0.2) is 84.6 Å². The molecular formula is C23H16ClNO4. The van der Waals surface area contributed by atoms with E-state index in [1.54, 1.807) is 36.4 Å². The SMILES string of the molecule is O=C(O)c1ccc([C@H]2C(c3ccccc3)=C(O)C(=O)N2c2ccc(Cl)cc2)cc1. The fourth-order valence-corrected chi connectivity index (χ4v) is 3.64. The van der Waals surface area contributed by atoms with E-state index in [1.165, 1.54) is 17.0 Å². The van der Waals surface area contributed by atoms with Gasteiger partial charge in [0.2, 0.25) is 0 Å². The first-order chi connectivity index (χ1) is 14.0. The molecular weight excluding hydrogens is 390 g/mol. The fourth-order valence-electron chi connectivity index (χ4n) is 3.51. The number of aliphatic hydroxyl groups excluding tert-OH is 1. The molecule has 4 rings (SSSR count). The Kier molecular flexibility index (Phi) is 4.82. The van der Waals surface area contributed by atoms with Crippen LogP contribution < -0.4 is 4.90 Å². The molecule has 0 saturated carbocycles. The van der Waals surface area contributed by atoms with E-state index in [2.05, 4.69) is 0 Å². The van der Waals surface area contributed by atoms with Gasteiger partial charge in [-0.05, 0) is 47.5 Å². The molecule has 0 fully saturated rings. The number of aliphatic hydroxyl groups is 1.